The zero-order chi connectivity index (χ0) is 16.3. The number of fused-ring (bicyclic) bond motifs is 1. The van der Waals surface area contributed by atoms with E-state index in [-0.39, 0.29) is 12.0 Å². The van der Waals surface area contributed by atoms with Crippen LogP contribution in [0.25, 0.3) is 0 Å². The molecule has 0 aromatic rings. The predicted octanol–water partition coefficient (Wildman–Crippen LogP) is 4.71. The van der Waals surface area contributed by atoms with Crippen molar-refractivity contribution in [1.29, 1.82) is 0 Å². The summed E-state index contributed by atoms with van der Waals surface area (Å²) in [6, 6.07) is 0. The topological polar surface area (TPSA) is 18.5 Å². The SMILES string of the molecule is CC(C)CCC(C)COC1CC2CCC(C)OC2C(F)C1F. The Morgan fingerprint density at radius 3 is 2.50 bits per heavy atom. The molecule has 0 aromatic carbocycles. The van der Waals surface area contributed by atoms with Crippen molar-refractivity contribution in [3.63, 3.8) is 0 Å². The highest BCUT2D eigenvalue weighted by Crippen LogP contribution is 2.40. The molecule has 0 spiro atoms. The number of ether oxygens (including phenoxy) is 2. The van der Waals surface area contributed by atoms with Crippen molar-refractivity contribution in [3.8, 4) is 0 Å². The third kappa shape index (κ3) is 4.64. The van der Waals surface area contributed by atoms with E-state index in [2.05, 4.69) is 20.8 Å². The van der Waals surface area contributed by atoms with Gasteiger partial charge in [0.05, 0.1) is 18.3 Å². The second kappa shape index (κ2) is 8.05. The lowest BCUT2D eigenvalue weighted by molar-refractivity contribution is -0.180. The number of alkyl halides is 2. The Hall–Kier alpha value is -0.220. The van der Waals surface area contributed by atoms with Gasteiger partial charge in [-0.25, -0.2) is 8.78 Å². The molecule has 2 aliphatic rings. The van der Waals surface area contributed by atoms with Gasteiger partial charge in [-0.3, -0.25) is 0 Å². The van der Waals surface area contributed by atoms with Gasteiger partial charge in [0.15, 0.2) is 12.3 Å². The molecule has 1 heterocycles. The third-order valence-corrected chi connectivity index (χ3v) is 5.14. The molecule has 0 aromatic heterocycles. The molecule has 0 bridgehead atoms. The first kappa shape index (κ1) is 18.1. The van der Waals surface area contributed by atoms with Crippen molar-refractivity contribution in [2.75, 3.05) is 6.61 Å². The van der Waals surface area contributed by atoms with E-state index in [1.807, 2.05) is 6.92 Å². The van der Waals surface area contributed by atoms with E-state index < -0.39 is 24.6 Å². The standard InChI is InChI=1S/C18H32F2O2/c1-11(2)5-6-12(3)10-21-15-9-14-8-7-13(4)22-18(14)17(20)16(15)19/h11-18H,5-10H2,1-4H3. The first-order valence-electron chi connectivity index (χ1n) is 8.93. The molecule has 22 heavy (non-hydrogen) atoms. The lowest BCUT2D eigenvalue weighted by atomic mass is 9.77. The maximum Gasteiger partial charge on any atom is 0.160 e. The second-order valence-electron chi connectivity index (χ2n) is 7.82. The van der Waals surface area contributed by atoms with Crippen LogP contribution in [-0.4, -0.2) is 37.3 Å². The maximum absolute atomic E-state index is 14.3. The largest absolute Gasteiger partial charge is 0.375 e. The Balaban J connectivity index is 1.82. The van der Waals surface area contributed by atoms with Crippen LogP contribution in [0.2, 0.25) is 0 Å². The van der Waals surface area contributed by atoms with Crippen molar-refractivity contribution < 1.29 is 18.3 Å². The van der Waals surface area contributed by atoms with Gasteiger partial charge in [-0.1, -0.05) is 27.2 Å². The number of hydrogen-bond acceptors (Lipinski definition) is 2. The number of rotatable bonds is 6. The summed E-state index contributed by atoms with van der Waals surface area (Å²) < 4.78 is 40.1. The van der Waals surface area contributed by atoms with Gasteiger partial charge in [-0.15, -0.1) is 0 Å². The summed E-state index contributed by atoms with van der Waals surface area (Å²) in [6.07, 6.45) is 0.442. The normalized spacial score (nSPS) is 40.5. The van der Waals surface area contributed by atoms with Gasteiger partial charge < -0.3 is 9.47 Å². The molecule has 7 atom stereocenters. The fourth-order valence-electron chi connectivity index (χ4n) is 3.61. The summed E-state index contributed by atoms with van der Waals surface area (Å²) in [5.74, 6) is 1.17. The van der Waals surface area contributed by atoms with Crippen LogP contribution in [0, 0.1) is 17.8 Å². The Morgan fingerprint density at radius 2 is 1.82 bits per heavy atom. The summed E-state index contributed by atoms with van der Waals surface area (Å²) in [4.78, 5) is 0. The Labute approximate surface area is 133 Å². The molecule has 0 amide bonds. The summed E-state index contributed by atoms with van der Waals surface area (Å²) in [7, 11) is 0. The van der Waals surface area contributed by atoms with Crippen molar-refractivity contribution in [2.45, 2.75) is 90.5 Å². The highest BCUT2D eigenvalue weighted by atomic mass is 19.2. The summed E-state index contributed by atoms with van der Waals surface area (Å²) in [6.45, 7) is 8.99. The molecule has 1 saturated carbocycles. The minimum Gasteiger partial charge on any atom is -0.375 e. The van der Waals surface area contributed by atoms with Gasteiger partial charge in [-0.2, -0.15) is 0 Å². The molecular formula is C18H32F2O2. The Bertz CT molecular complexity index is 335. The predicted molar refractivity (Wildman–Crippen MR) is 84.4 cm³/mol. The monoisotopic (exact) mass is 318 g/mol. The van der Waals surface area contributed by atoms with Crippen molar-refractivity contribution >= 4 is 0 Å². The third-order valence-electron chi connectivity index (χ3n) is 5.14. The molecule has 2 nitrogen and oxygen atoms in total. The molecule has 2 fully saturated rings. The molecule has 7 unspecified atom stereocenters. The Kier molecular flexibility index (Phi) is 6.63. The molecular weight excluding hydrogens is 286 g/mol. The minimum atomic E-state index is -1.55. The number of halogens is 2. The van der Waals surface area contributed by atoms with Gasteiger partial charge in [0.2, 0.25) is 0 Å². The van der Waals surface area contributed by atoms with Gasteiger partial charge >= 0.3 is 0 Å². The van der Waals surface area contributed by atoms with Crippen LogP contribution in [0.5, 0.6) is 0 Å². The van der Waals surface area contributed by atoms with Crippen LogP contribution in [0.15, 0.2) is 0 Å². The van der Waals surface area contributed by atoms with Crippen LogP contribution in [-0.2, 0) is 9.47 Å². The van der Waals surface area contributed by atoms with E-state index in [1.165, 1.54) is 0 Å². The Morgan fingerprint density at radius 1 is 1.09 bits per heavy atom. The van der Waals surface area contributed by atoms with Gasteiger partial charge in [0.1, 0.15) is 0 Å². The zero-order valence-electron chi connectivity index (χ0n) is 14.4. The molecule has 4 heteroatoms. The second-order valence-corrected chi connectivity index (χ2v) is 7.82. The van der Waals surface area contributed by atoms with Gasteiger partial charge in [0.25, 0.3) is 0 Å². The lowest BCUT2D eigenvalue weighted by Gasteiger charge is -2.44. The summed E-state index contributed by atoms with van der Waals surface area (Å²) in [5, 5.41) is 0. The molecule has 1 aliphatic carbocycles. The molecule has 1 saturated heterocycles. The van der Waals surface area contributed by atoms with Crippen LogP contribution in [0.1, 0.15) is 59.8 Å². The maximum atomic E-state index is 14.3. The fourth-order valence-corrected chi connectivity index (χ4v) is 3.61. The van der Waals surface area contributed by atoms with Crippen LogP contribution in [0.3, 0.4) is 0 Å². The first-order chi connectivity index (χ1) is 10.4. The van der Waals surface area contributed by atoms with E-state index in [0.717, 1.165) is 25.7 Å². The van der Waals surface area contributed by atoms with E-state index in [0.29, 0.717) is 24.9 Å². The van der Waals surface area contributed by atoms with Crippen molar-refractivity contribution in [3.05, 3.63) is 0 Å². The van der Waals surface area contributed by atoms with Crippen LogP contribution >= 0.6 is 0 Å². The highest BCUT2D eigenvalue weighted by molar-refractivity contribution is 4.97. The van der Waals surface area contributed by atoms with E-state index in [9.17, 15) is 8.78 Å². The van der Waals surface area contributed by atoms with E-state index >= 15 is 0 Å². The quantitative estimate of drug-likeness (QED) is 0.706. The summed E-state index contributed by atoms with van der Waals surface area (Å²) in [5.41, 5.74) is 0. The molecule has 1 aliphatic heterocycles. The average Bonchev–Trinajstić information content (AvgIpc) is 2.48. The molecule has 130 valence electrons. The molecule has 0 radical (unpaired) electrons. The first-order valence-corrected chi connectivity index (χ1v) is 8.93. The molecule has 2 rings (SSSR count). The van der Waals surface area contributed by atoms with E-state index in [4.69, 9.17) is 9.47 Å². The molecule has 0 N–H and O–H groups in total. The van der Waals surface area contributed by atoms with Gasteiger partial charge in [0, 0.05) is 6.61 Å². The summed E-state index contributed by atoms with van der Waals surface area (Å²) >= 11 is 0. The highest BCUT2D eigenvalue weighted by Gasteiger charge is 2.48. The fraction of sp³-hybridized carbons (Fsp3) is 1.00. The lowest BCUT2D eigenvalue weighted by Crippen LogP contribution is -2.54. The average molecular weight is 318 g/mol. The van der Waals surface area contributed by atoms with Gasteiger partial charge in [-0.05, 0) is 50.4 Å². The van der Waals surface area contributed by atoms with Crippen LogP contribution in [0.4, 0.5) is 8.78 Å². The van der Waals surface area contributed by atoms with Crippen LogP contribution < -0.4 is 0 Å². The zero-order valence-corrected chi connectivity index (χ0v) is 14.4. The smallest absolute Gasteiger partial charge is 0.160 e. The van der Waals surface area contributed by atoms with E-state index in [1.54, 1.807) is 0 Å². The van der Waals surface area contributed by atoms with Crippen molar-refractivity contribution in [2.24, 2.45) is 17.8 Å². The number of hydrogen-bond donors (Lipinski definition) is 0. The van der Waals surface area contributed by atoms with Crippen molar-refractivity contribution in [1.82, 2.24) is 0 Å². The minimum absolute atomic E-state index is 0.0419.